The molecule has 0 aliphatic rings. The first-order valence-corrected chi connectivity index (χ1v) is 11.2. The predicted molar refractivity (Wildman–Crippen MR) is 117 cm³/mol. The van der Waals surface area contributed by atoms with E-state index in [0.29, 0.717) is 4.90 Å². The van der Waals surface area contributed by atoms with Gasteiger partial charge in [0.15, 0.2) is 0 Å². The van der Waals surface area contributed by atoms with Crippen LogP contribution in [0.15, 0.2) is 65.6 Å². The molecule has 0 aliphatic carbocycles. The number of hydrogen-bond donors (Lipinski definition) is 4. The summed E-state index contributed by atoms with van der Waals surface area (Å²) >= 11 is 0. The lowest BCUT2D eigenvalue weighted by atomic mass is 10.2. The summed E-state index contributed by atoms with van der Waals surface area (Å²) in [7, 11) is -1.40. The monoisotopic (exact) mass is 462 g/mol. The Balaban J connectivity index is 1.70. The number of ether oxygens (including phenoxy) is 1. The molecule has 2 aromatic rings. The Morgan fingerprint density at radius 1 is 1.00 bits per heavy atom. The summed E-state index contributed by atoms with van der Waals surface area (Å²) in [4.78, 5) is 35.8. The Bertz CT molecular complexity index is 909. The second kappa shape index (κ2) is 13.2. The lowest BCUT2D eigenvalue weighted by Gasteiger charge is -2.16. The highest BCUT2D eigenvalue weighted by atomic mass is 32.2. The van der Waals surface area contributed by atoms with E-state index in [1.165, 1.54) is 0 Å². The van der Waals surface area contributed by atoms with Gasteiger partial charge in [-0.25, -0.2) is 9.59 Å². The van der Waals surface area contributed by atoms with Crippen molar-refractivity contribution in [2.45, 2.75) is 36.5 Å². The highest BCUT2D eigenvalue weighted by molar-refractivity contribution is 7.85. The van der Waals surface area contributed by atoms with Crippen LogP contribution in [-0.2, 0) is 31.7 Å². The highest BCUT2D eigenvalue weighted by Crippen LogP contribution is 2.08. The van der Waals surface area contributed by atoms with E-state index in [9.17, 15) is 28.8 Å². The number of hydrogen-bond acceptors (Lipinski definition) is 6. The molecule has 0 heterocycles. The van der Waals surface area contributed by atoms with Crippen molar-refractivity contribution < 1.29 is 33.5 Å². The molecule has 10 heteroatoms. The number of carbonyl (C=O) groups excluding carboxylic acids is 2. The fourth-order valence-electron chi connectivity index (χ4n) is 2.69. The van der Waals surface area contributed by atoms with Crippen LogP contribution < -0.4 is 10.6 Å². The Labute approximate surface area is 188 Å². The summed E-state index contributed by atoms with van der Waals surface area (Å²) < 4.78 is 17.2. The summed E-state index contributed by atoms with van der Waals surface area (Å²) in [6, 6.07) is 16.4. The molecule has 4 N–H and O–H groups in total. The molecule has 0 aliphatic heterocycles. The third-order valence-corrected chi connectivity index (χ3v) is 5.75. The molecule has 0 saturated carbocycles. The van der Waals surface area contributed by atoms with E-state index in [-0.39, 0.29) is 25.3 Å². The molecule has 0 radical (unpaired) electrons. The quantitative estimate of drug-likeness (QED) is 0.374. The minimum atomic E-state index is -1.40. The van der Waals surface area contributed by atoms with Gasteiger partial charge in [-0.2, -0.15) is 0 Å². The Kier molecular flexibility index (Phi) is 10.3. The van der Waals surface area contributed by atoms with E-state index in [1.54, 1.807) is 42.5 Å². The van der Waals surface area contributed by atoms with Gasteiger partial charge in [-0.05, 0) is 24.1 Å². The average Bonchev–Trinajstić information content (AvgIpc) is 2.79. The van der Waals surface area contributed by atoms with Gasteiger partial charge in [0.2, 0.25) is 5.91 Å². The molecule has 0 aromatic heterocycles. The first kappa shape index (κ1) is 25.0. The van der Waals surface area contributed by atoms with Gasteiger partial charge in [0, 0.05) is 17.2 Å². The number of carbonyl (C=O) groups is 3. The van der Waals surface area contributed by atoms with Crippen LogP contribution in [0, 0.1) is 0 Å². The van der Waals surface area contributed by atoms with Crippen LogP contribution in [0.5, 0.6) is 0 Å². The van der Waals surface area contributed by atoms with Gasteiger partial charge in [0.05, 0.1) is 23.3 Å². The zero-order valence-electron chi connectivity index (χ0n) is 17.3. The maximum atomic E-state index is 12.2. The highest BCUT2D eigenvalue weighted by Gasteiger charge is 2.22. The third kappa shape index (κ3) is 9.27. The molecule has 2 amide bonds. The molecule has 2 rings (SSSR count). The Morgan fingerprint density at radius 2 is 1.62 bits per heavy atom. The van der Waals surface area contributed by atoms with Crippen LogP contribution in [-0.4, -0.2) is 56.8 Å². The van der Waals surface area contributed by atoms with Gasteiger partial charge in [-0.15, -0.1) is 0 Å². The molecule has 0 fully saturated rings. The summed E-state index contributed by atoms with van der Waals surface area (Å²) in [6.45, 7) is -0.176. The standard InChI is InChI=1S/C22H26N2O7S/c25-17(14-23-22(29)31-15-16-7-3-1-4-8-16)13-20(26)24-19(21(27)28)11-12-32(30)18-9-5-2-6-10-18/h1-10,17,19,25H,11-15H2,(H,23,29)(H,24,26)(H,27,28)/t17-,19-,32-/m0/s1. The van der Waals surface area contributed by atoms with Crippen LogP contribution in [0.25, 0.3) is 0 Å². The van der Waals surface area contributed by atoms with Crippen molar-refractivity contribution in [3.63, 3.8) is 0 Å². The molecule has 32 heavy (non-hydrogen) atoms. The van der Waals surface area contributed by atoms with E-state index in [0.717, 1.165) is 5.56 Å². The summed E-state index contributed by atoms with van der Waals surface area (Å²) in [5, 5.41) is 23.9. The normalized spacial score (nSPS) is 13.4. The molecule has 0 unspecified atom stereocenters. The predicted octanol–water partition coefficient (Wildman–Crippen LogP) is 1.43. The maximum Gasteiger partial charge on any atom is 0.407 e. The fourth-order valence-corrected chi connectivity index (χ4v) is 3.83. The van der Waals surface area contributed by atoms with Gasteiger partial charge in [0.1, 0.15) is 12.6 Å². The van der Waals surface area contributed by atoms with Crippen LogP contribution >= 0.6 is 0 Å². The van der Waals surface area contributed by atoms with Crippen LogP contribution in [0.4, 0.5) is 4.79 Å². The van der Waals surface area contributed by atoms with E-state index < -0.39 is 47.3 Å². The van der Waals surface area contributed by atoms with Crippen molar-refractivity contribution >= 4 is 28.8 Å². The number of benzene rings is 2. The average molecular weight is 463 g/mol. The van der Waals surface area contributed by atoms with Crippen LogP contribution in [0.1, 0.15) is 18.4 Å². The second-order valence-corrected chi connectivity index (χ2v) is 8.48. The number of aliphatic hydroxyl groups is 1. The van der Waals surface area contributed by atoms with Crippen molar-refractivity contribution in [1.29, 1.82) is 0 Å². The molecule has 0 saturated heterocycles. The smallest absolute Gasteiger partial charge is 0.407 e. The van der Waals surface area contributed by atoms with Crippen molar-refractivity contribution in [1.82, 2.24) is 10.6 Å². The van der Waals surface area contributed by atoms with Gasteiger partial charge in [-0.3, -0.25) is 9.00 Å². The summed E-state index contributed by atoms with van der Waals surface area (Å²) in [5.41, 5.74) is 0.801. The number of amides is 2. The SMILES string of the molecule is O=C(C[C@H](O)CNC(=O)OCc1ccccc1)N[C@@H](CC[S@](=O)c1ccccc1)C(=O)O. The number of nitrogens with one attached hydrogen (secondary N) is 2. The van der Waals surface area contributed by atoms with Crippen molar-refractivity contribution in [2.24, 2.45) is 0 Å². The Hall–Kier alpha value is -3.24. The van der Waals surface area contributed by atoms with Crippen LogP contribution in [0.3, 0.4) is 0 Å². The molecule has 9 nitrogen and oxygen atoms in total. The summed E-state index contributed by atoms with van der Waals surface area (Å²) in [6.07, 6.45) is -2.43. The molecule has 0 spiro atoms. The van der Waals surface area contributed by atoms with Gasteiger partial charge >= 0.3 is 12.1 Å². The molecular weight excluding hydrogens is 436 g/mol. The van der Waals surface area contributed by atoms with E-state index >= 15 is 0 Å². The zero-order chi connectivity index (χ0) is 23.3. The minimum absolute atomic E-state index is 0.0390. The van der Waals surface area contributed by atoms with Gasteiger partial charge in [0.25, 0.3) is 0 Å². The molecule has 2 aromatic carbocycles. The van der Waals surface area contributed by atoms with E-state index in [4.69, 9.17) is 4.74 Å². The van der Waals surface area contributed by atoms with Gasteiger partial charge in [-0.1, -0.05) is 48.5 Å². The zero-order valence-corrected chi connectivity index (χ0v) is 18.1. The van der Waals surface area contributed by atoms with Crippen molar-refractivity contribution in [2.75, 3.05) is 12.3 Å². The number of carboxylic acids is 1. The van der Waals surface area contributed by atoms with Crippen LogP contribution in [0.2, 0.25) is 0 Å². The Morgan fingerprint density at radius 3 is 2.25 bits per heavy atom. The van der Waals surface area contributed by atoms with E-state index in [2.05, 4.69) is 10.6 Å². The van der Waals surface area contributed by atoms with Crippen molar-refractivity contribution in [3.8, 4) is 0 Å². The second-order valence-electron chi connectivity index (χ2n) is 6.91. The van der Waals surface area contributed by atoms with Crippen molar-refractivity contribution in [3.05, 3.63) is 66.2 Å². The number of aliphatic carboxylic acids is 1. The van der Waals surface area contributed by atoms with Gasteiger partial charge < -0.3 is 25.6 Å². The first-order chi connectivity index (χ1) is 15.3. The number of alkyl carbamates (subject to hydrolysis) is 1. The lowest BCUT2D eigenvalue weighted by Crippen LogP contribution is -2.44. The fraction of sp³-hybridized carbons (Fsp3) is 0.318. The first-order valence-electron chi connectivity index (χ1n) is 9.93. The maximum absolute atomic E-state index is 12.2. The third-order valence-electron chi connectivity index (χ3n) is 4.35. The molecular formula is C22H26N2O7S. The lowest BCUT2D eigenvalue weighted by molar-refractivity contribution is -0.142. The molecule has 3 atom stereocenters. The van der Waals surface area contributed by atoms with E-state index in [1.807, 2.05) is 18.2 Å². The molecule has 0 bridgehead atoms. The largest absolute Gasteiger partial charge is 0.480 e. The number of carboxylic acid groups (broad SMARTS) is 1. The minimum Gasteiger partial charge on any atom is -0.480 e. The number of aliphatic hydroxyl groups excluding tert-OH is 1. The number of rotatable bonds is 12. The summed E-state index contributed by atoms with van der Waals surface area (Å²) in [5.74, 6) is -1.91. The topological polar surface area (TPSA) is 142 Å². The molecule has 172 valence electrons.